The minimum Gasteiger partial charge on any atom is -0.507 e. The number of benzene rings is 6. The first-order chi connectivity index (χ1) is 30.2. The van der Waals surface area contributed by atoms with Gasteiger partial charge in [-0.3, -0.25) is 28.8 Å². The molecule has 0 aromatic heterocycles. The van der Waals surface area contributed by atoms with Gasteiger partial charge in [-0.2, -0.15) is 0 Å². The van der Waals surface area contributed by atoms with Crippen LogP contribution in [0, 0.1) is 5.82 Å². The highest BCUT2D eigenvalue weighted by molar-refractivity contribution is 8.04. The molecule has 0 radical (unpaired) electrons. The summed E-state index contributed by atoms with van der Waals surface area (Å²) in [6.07, 6.45) is 0. The Labute approximate surface area is 372 Å². The molecule has 0 saturated carbocycles. The number of phenols is 2. The van der Waals surface area contributed by atoms with Crippen LogP contribution in [-0.2, 0) is 0 Å². The molecule has 6 aromatic carbocycles. The summed E-state index contributed by atoms with van der Waals surface area (Å²) in [7, 11) is 0. The molecule has 12 heteroatoms. The van der Waals surface area contributed by atoms with Gasteiger partial charge >= 0.3 is 0 Å². The first kappa shape index (κ1) is 41.5. The zero-order chi connectivity index (χ0) is 44.4. The van der Waals surface area contributed by atoms with Crippen LogP contribution in [0.4, 0.5) is 4.39 Å². The Morgan fingerprint density at radius 2 is 0.810 bits per heavy atom. The molecule has 3 aliphatic rings. The van der Waals surface area contributed by atoms with Crippen molar-refractivity contribution in [3.8, 4) is 33.8 Å². The number of carbonyl (C=O) groups excluding carboxylic acids is 6. The molecule has 0 saturated heterocycles. The molecule has 0 fully saturated rings. The van der Waals surface area contributed by atoms with Crippen molar-refractivity contribution >= 4 is 70.0 Å². The van der Waals surface area contributed by atoms with E-state index in [0.29, 0.717) is 16.0 Å². The van der Waals surface area contributed by atoms with Crippen molar-refractivity contribution in [2.75, 3.05) is 0 Å². The number of rotatable bonds is 8. The standard InChI is InChI=1S/C51H31FO8S3/c1-24-41(53)35-14-7-8-15-36(35)46(58)49(24)63-32-22-28(20-29(52)23-32)34-17-19-38-40(45(34)57)48(60)51(26(3)43(38)55)62-31-13-9-10-27(21-31)33-16-18-37-39(44(33)56)47(59)50(25(2)42(37)54)61-30-11-5-4-6-12-30/h4-23,56-57H,1-3H3. The molecule has 0 heterocycles. The number of halogens is 1. The summed E-state index contributed by atoms with van der Waals surface area (Å²) in [6, 6.07) is 32.2. The number of aromatic hydroxyl groups is 2. The molecular weight excluding hydrogens is 856 g/mol. The number of carbonyl (C=O) groups is 6. The molecule has 0 amide bonds. The van der Waals surface area contributed by atoms with Gasteiger partial charge < -0.3 is 10.2 Å². The van der Waals surface area contributed by atoms with Crippen LogP contribution in [0.2, 0.25) is 0 Å². The molecule has 0 spiro atoms. The van der Waals surface area contributed by atoms with E-state index in [4.69, 9.17) is 0 Å². The fraction of sp³-hybridized carbons (Fsp3) is 0.0588. The second-order valence-electron chi connectivity index (χ2n) is 15.0. The smallest absolute Gasteiger partial charge is 0.204 e. The summed E-state index contributed by atoms with van der Waals surface area (Å²) in [5, 5.41) is 23.3. The van der Waals surface area contributed by atoms with Gasteiger partial charge in [-0.1, -0.05) is 89.9 Å². The van der Waals surface area contributed by atoms with Crippen LogP contribution < -0.4 is 0 Å². The van der Waals surface area contributed by atoms with Crippen LogP contribution in [0.25, 0.3) is 22.3 Å². The van der Waals surface area contributed by atoms with Crippen molar-refractivity contribution in [2.24, 2.45) is 0 Å². The molecule has 8 nitrogen and oxygen atoms in total. The maximum absolute atomic E-state index is 15.3. The summed E-state index contributed by atoms with van der Waals surface area (Å²) in [6.45, 7) is 4.65. The lowest BCUT2D eigenvalue weighted by Gasteiger charge is -2.22. The second kappa shape index (κ2) is 16.1. The van der Waals surface area contributed by atoms with Gasteiger partial charge in [-0.05, 0) is 98.6 Å². The van der Waals surface area contributed by atoms with Gasteiger partial charge in [0.1, 0.15) is 17.3 Å². The number of allylic oxidation sites excluding steroid dienone is 6. The summed E-state index contributed by atoms with van der Waals surface area (Å²) in [5.41, 5.74) is 1.87. The molecule has 6 aromatic rings. The minimum absolute atomic E-state index is 0.0270. The van der Waals surface area contributed by atoms with E-state index in [1.165, 1.54) is 37.3 Å². The van der Waals surface area contributed by atoms with Crippen LogP contribution in [0.1, 0.15) is 82.9 Å². The van der Waals surface area contributed by atoms with E-state index in [1.54, 1.807) is 68.4 Å². The number of ketones is 6. The minimum atomic E-state index is -0.700. The van der Waals surface area contributed by atoms with E-state index in [1.807, 2.05) is 30.3 Å². The van der Waals surface area contributed by atoms with E-state index < -0.39 is 28.9 Å². The lowest BCUT2D eigenvalue weighted by atomic mass is 9.86. The third-order valence-electron chi connectivity index (χ3n) is 11.1. The first-order valence-electron chi connectivity index (χ1n) is 19.4. The van der Waals surface area contributed by atoms with Crippen molar-refractivity contribution in [3.63, 3.8) is 0 Å². The Morgan fingerprint density at radius 3 is 1.40 bits per heavy atom. The van der Waals surface area contributed by atoms with Crippen molar-refractivity contribution < 1.29 is 43.4 Å². The zero-order valence-corrected chi connectivity index (χ0v) is 35.9. The molecule has 0 unspecified atom stereocenters. The molecule has 0 aliphatic heterocycles. The van der Waals surface area contributed by atoms with E-state index in [2.05, 4.69) is 0 Å². The summed E-state index contributed by atoms with van der Waals surface area (Å²) >= 11 is 3.06. The highest BCUT2D eigenvalue weighted by atomic mass is 32.2. The van der Waals surface area contributed by atoms with Gasteiger partial charge in [-0.15, -0.1) is 0 Å². The molecular formula is C51H31FO8S3. The normalized spacial score (nSPS) is 15.0. The van der Waals surface area contributed by atoms with E-state index in [0.717, 1.165) is 46.2 Å². The summed E-state index contributed by atoms with van der Waals surface area (Å²) in [5.74, 6) is -4.26. The summed E-state index contributed by atoms with van der Waals surface area (Å²) in [4.78, 5) is 84.0. The van der Waals surface area contributed by atoms with Gasteiger partial charge in [0, 0.05) is 64.8 Å². The molecule has 2 N–H and O–H groups in total. The van der Waals surface area contributed by atoms with Crippen molar-refractivity contribution in [3.05, 3.63) is 192 Å². The van der Waals surface area contributed by atoms with Crippen molar-refractivity contribution in [1.29, 1.82) is 0 Å². The number of hydrogen-bond acceptors (Lipinski definition) is 11. The number of hydrogen-bond donors (Lipinski definition) is 2. The van der Waals surface area contributed by atoms with Crippen LogP contribution in [-0.4, -0.2) is 44.9 Å². The van der Waals surface area contributed by atoms with Gasteiger partial charge in [0.2, 0.25) is 17.3 Å². The highest BCUT2D eigenvalue weighted by Gasteiger charge is 2.37. The largest absolute Gasteiger partial charge is 0.507 e. The fourth-order valence-electron chi connectivity index (χ4n) is 7.86. The Balaban J connectivity index is 1.01. The van der Waals surface area contributed by atoms with Gasteiger partial charge in [-0.25, -0.2) is 4.39 Å². The number of phenolic OH excluding ortho intramolecular Hbond substituents is 2. The molecule has 0 atom stereocenters. The molecule has 63 heavy (non-hydrogen) atoms. The lowest BCUT2D eigenvalue weighted by Crippen LogP contribution is -2.20. The maximum Gasteiger partial charge on any atom is 0.204 e. The predicted molar refractivity (Wildman–Crippen MR) is 242 cm³/mol. The molecule has 3 aliphatic carbocycles. The van der Waals surface area contributed by atoms with Crippen LogP contribution in [0.3, 0.4) is 0 Å². The highest BCUT2D eigenvalue weighted by Crippen LogP contribution is 2.47. The van der Waals surface area contributed by atoms with Crippen LogP contribution in [0.15, 0.2) is 167 Å². The van der Waals surface area contributed by atoms with Crippen LogP contribution >= 0.6 is 35.3 Å². The fourth-order valence-corrected chi connectivity index (χ4v) is 10.9. The number of Topliss-reactive ketones (excluding diaryl/α,β-unsaturated/α-hetero) is 6. The maximum atomic E-state index is 15.3. The number of thioether (sulfide) groups is 3. The average Bonchev–Trinajstić information content (AvgIpc) is 3.28. The lowest BCUT2D eigenvalue weighted by molar-refractivity contribution is 0.0979. The Bertz CT molecular complexity index is 3220. The molecule has 0 bridgehead atoms. The van der Waals surface area contributed by atoms with Gasteiger partial charge in [0.15, 0.2) is 17.3 Å². The Kier molecular flexibility index (Phi) is 10.6. The third-order valence-corrected chi connectivity index (χ3v) is 14.7. The Hall–Kier alpha value is -6.86. The van der Waals surface area contributed by atoms with Crippen LogP contribution in [0.5, 0.6) is 11.5 Å². The van der Waals surface area contributed by atoms with Crippen molar-refractivity contribution in [1.82, 2.24) is 0 Å². The number of fused-ring (bicyclic) bond motifs is 3. The first-order valence-corrected chi connectivity index (χ1v) is 21.9. The molecule has 9 rings (SSSR count). The SMILES string of the molecule is CC1=C(Sc2cc(F)cc(-c3ccc4c(c3O)C(=O)C(Sc3cccc(-c5ccc6c(c5O)C(=O)C(Sc5ccccc5)=C(C)C6=O)c3)=C(C)C4=O)c2)C(=O)c2ccccc2C1=O. The predicted octanol–water partition coefficient (Wildman–Crippen LogP) is 11.9. The Morgan fingerprint density at radius 1 is 0.381 bits per heavy atom. The second-order valence-corrected chi connectivity index (χ2v) is 18.2. The summed E-state index contributed by atoms with van der Waals surface area (Å²) < 4.78 is 15.3. The van der Waals surface area contributed by atoms with E-state index in [-0.39, 0.29) is 104 Å². The van der Waals surface area contributed by atoms with E-state index >= 15 is 4.39 Å². The third kappa shape index (κ3) is 7.10. The topological polar surface area (TPSA) is 143 Å². The monoisotopic (exact) mass is 886 g/mol. The van der Waals surface area contributed by atoms with Gasteiger partial charge in [0.25, 0.3) is 0 Å². The average molecular weight is 887 g/mol. The van der Waals surface area contributed by atoms with Gasteiger partial charge in [0.05, 0.1) is 25.8 Å². The quantitative estimate of drug-likeness (QED) is 0.151. The molecule has 308 valence electrons. The zero-order valence-electron chi connectivity index (χ0n) is 33.5. The van der Waals surface area contributed by atoms with Crippen molar-refractivity contribution in [2.45, 2.75) is 35.5 Å². The van der Waals surface area contributed by atoms with E-state index in [9.17, 15) is 39.0 Å².